The number of imide groups is 1. The van der Waals surface area contributed by atoms with E-state index in [9.17, 15) is 14.4 Å². The number of nitrogens with one attached hydrogen (secondary N) is 1. The van der Waals surface area contributed by atoms with Crippen LogP contribution in [0.2, 0.25) is 5.02 Å². The van der Waals surface area contributed by atoms with E-state index in [4.69, 9.17) is 16.3 Å². The molecule has 1 N–H and O–H groups in total. The van der Waals surface area contributed by atoms with Crippen molar-refractivity contribution in [3.05, 3.63) is 69.6 Å². The quantitative estimate of drug-likeness (QED) is 0.677. The summed E-state index contributed by atoms with van der Waals surface area (Å²) in [5, 5.41) is 2.99. The van der Waals surface area contributed by atoms with Crippen LogP contribution in [0.4, 0.5) is 4.79 Å². The number of carbonyl (C=O) groups excluding carboxylic acids is 3. The Kier molecular flexibility index (Phi) is 6.95. The van der Waals surface area contributed by atoms with Crippen molar-refractivity contribution in [1.82, 2.24) is 10.2 Å². The second kappa shape index (κ2) is 9.62. The third-order valence-corrected chi connectivity index (χ3v) is 5.38. The summed E-state index contributed by atoms with van der Waals surface area (Å²) in [5.74, 6) is 0.167. The highest BCUT2D eigenvalue weighted by molar-refractivity contribution is 8.18. The first-order valence-electron chi connectivity index (χ1n) is 8.87. The number of ether oxygens (including phenoxy) is 1. The van der Waals surface area contributed by atoms with E-state index >= 15 is 0 Å². The number of carbonyl (C=O) groups is 3. The Hall–Kier alpha value is -2.77. The van der Waals surface area contributed by atoms with Crippen LogP contribution >= 0.6 is 23.4 Å². The van der Waals surface area contributed by atoms with Gasteiger partial charge in [0, 0.05) is 18.1 Å². The molecule has 0 aromatic heterocycles. The molecule has 3 amide bonds. The van der Waals surface area contributed by atoms with E-state index in [1.165, 1.54) is 0 Å². The lowest BCUT2D eigenvalue weighted by molar-refractivity contribution is -0.124. The summed E-state index contributed by atoms with van der Waals surface area (Å²) in [4.78, 5) is 38.2. The smallest absolute Gasteiger partial charge is 0.293 e. The van der Waals surface area contributed by atoms with Gasteiger partial charge in [0.05, 0.1) is 18.4 Å². The monoisotopic (exact) mass is 430 g/mol. The topological polar surface area (TPSA) is 75.7 Å². The lowest BCUT2D eigenvalue weighted by atomic mass is 10.1. The number of rotatable bonds is 7. The van der Waals surface area contributed by atoms with Gasteiger partial charge < -0.3 is 10.1 Å². The predicted molar refractivity (Wildman–Crippen MR) is 114 cm³/mol. The molecule has 8 heteroatoms. The SMILES string of the molecule is COc1ccc(/C=C2/SC(=O)N(CCNC(=O)Cc3ccc(Cl)cc3)C2=O)cc1. The standard InChI is InChI=1S/C21H19ClN2O4S/c1-28-17-8-4-14(5-9-17)12-18-20(26)24(21(27)29-18)11-10-23-19(25)13-15-2-6-16(22)7-3-15/h2-9,12H,10-11,13H2,1H3,(H,23,25)/b18-12+. The zero-order chi connectivity index (χ0) is 20.8. The molecule has 0 spiro atoms. The van der Waals surface area contributed by atoms with E-state index in [0.717, 1.165) is 27.8 Å². The molecule has 0 atom stereocenters. The molecule has 1 aliphatic rings. The van der Waals surface area contributed by atoms with Crippen LogP contribution in [0.1, 0.15) is 11.1 Å². The van der Waals surface area contributed by atoms with E-state index in [0.29, 0.717) is 15.7 Å². The van der Waals surface area contributed by atoms with Crippen LogP contribution < -0.4 is 10.1 Å². The Morgan fingerprint density at radius 1 is 1.14 bits per heavy atom. The van der Waals surface area contributed by atoms with Gasteiger partial charge in [0.1, 0.15) is 5.75 Å². The van der Waals surface area contributed by atoms with Gasteiger partial charge in [-0.3, -0.25) is 19.3 Å². The van der Waals surface area contributed by atoms with Gasteiger partial charge in [-0.2, -0.15) is 0 Å². The van der Waals surface area contributed by atoms with Gasteiger partial charge in [0.25, 0.3) is 11.1 Å². The Bertz CT molecular complexity index is 942. The molecule has 0 aliphatic carbocycles. The molecule has 1 heterocycles. The Morgan fingerprint density at radius 3 is 2.48 bits per heavy atom. The fourth-order valence-corrected chi connectivity index (χ4v) is 3.69. The molecular formula is C21H19ClN2O4S. The zero-order valence-electron chi connectivity index (χ0n) is 15.7. The van der Waals surface area contributed by atoms with Crippen LogP contribution in [0.3, 0.4) is 0 Å². The zero-order valence-corrected chi connectivity index (χ0v) is 17.3. The van der Waals surface area contributed by atoms with E-state index < -0.39 is 0 Å². The summed E-state index contributed by atoms with van der Waals surface area (Å²) in [7, 11) is 1.58. The van der Waals surface area contributed by atoms with Crippen LogP contribution in [0, 0.1) is 0 Å². The molecular weight excluding hydrogens is 412 g/mol. The Morgan fingerprint density at radius 2 is 1.83 bits per heavy atom. The predicted octanol–water partition coefficient (Wildman–Crippen LogP) is 3.74. The van der Waals surface area contributed by atoms with Crippen LogP contribution in [-0.4, -0.2) is 42.2 Å². The van der Waals surface area contributed by atoms with Crippen molar-refractivity contribution in [1.29, 1.82) is 0 Å². The molecule has 0 saturated carbocycles. The van der Waals surface area contributed by atoms with E-state index in [2.05, 4.69) is 5.32 Å². The van der Waals surface area contributed by atoms with E-state index in [1.807, 2.05) is 12.1 Å². The van der Waals surface area contributed by atoms with Crippen LogP contribution in [0.25, 0.3) is 6.08 Å². The maximum Gasteiger partial charge on any atom is 0.293 e. The van der Waals surface area contributed by atoms with Crippen molar-refractivity contribution in [3.8, 4) is 5.75 Å². The van der Waals surface area contributed by atoms with Gasteiger partial charge in [-0.25, -0.2) is 0 Å². The Balaban J connectivity index is 1.52. The second-order valence-corrected chi connectivity index (χ2v) is 7.69. The van der Waals surface area contributed by atoms with Crippen molar-refractivity contribution >= 4 is 46.5 Å². The summed E-state index contributed by atoms with van der Waals surface area (Å²) in [6.45, 7) is 0.317. The number of amides is 3. The minimum Gasteiger partial charge on any atom is -0.497 e. The summed E-state index contributed by atoms with van der Waals surface area (Å²) in [5.41, 5.74) is 1.63. The minimum atomic E-state index is -0.359. The summed E-state index contributed by atoms with van der Waals surface area (Å²) < 4.78 is 5.11. The first-order valence-corrected chi connectivity index (χ1v) is 10.1. The van der Waals surface area contributed by atoms with Crippen LogP contribution in [-0.2, 0) is 16.0 Å². The van der Waals surface area contributed by atoms with Crippen LogP contribution in [0.15, 0.2) is 53.4 Å². The molecule has 2 aromatic rings. The first kappa shape index (κ1) is 21.0. The van der Waals surface area contributed by atoms with E-state index in [1.54, 1.807) is 49.6 Å². The average Bonchev–Trinajstić information content (AvgIpc) is 2.97. The fourth-order valence-electron chi connectivity index (χ4n) is 2.70. The number of hydrogen-bond acceptors (Lipinski definition) is 5. The highest BCUT2D eigenvalue weighted by Gasteiger charge is 2.34. The van der Waals surface area contributed by atoms with Crippen molar-refractivity contribution in [3.63, 3.8) is 0 Å². The van der Waals surface area contributed by atoms with Gasteiger partial charge in [0.15, 0.2) is 0 Å². The molecule has 150 valence electrons. The van der Waals surface area contributed by atoms with E-state index in [-0.39, 0.29) is 36.6 Å². The van der Waals surface area contributed by atoms with Crippen molar-refractivity contribution in [2.45, 2.75) is 6.42 Å². The fraction of sp³-hybridized carbons (Fsp3) is 0.190. The average molecular weight is 431 g/mol. The number of nitrogens with zero attached hydrogens (tertiary/aromatic N) is 1. The van der Waals surface area contributed by atoms with Crippen molar-refractivity contribution in [2.75, 3.05) is 20.2 Å². The molecule has 1 aliphatic heterocycles. The lowest BCUT2D eigenvalue weighted by Crippen LogP contribution is -2.37. The first-order chi connectivity index (χ1) is 14.0. The maximum absolute atomic E-state index is 12.5. The van der Waals surface area contributed by atoms with Gasteiger partial charge in [-0.05, 0) is 53.2 Å². The molecule has 1 fully saturated rings. The maximum atomic E-state index is 12.5. The van der Waals surface area contributed by atoms with Gasteiger partial charge in [-0.1, -0.05) is 35.9 Å². The highest BCUT2D eigenvalue weighted by atomic mass is 35.5. The van der Waals surface area contributed by atoms with Gasteiger partial charge in [0.2, 0.25) is 5.91 Å². The second-order valence-electron chi connectivity index (χ2n) is 6.26. The molecule has 0 bridgehead atoms. The number of methoxy groups -OCH3 is 1. The summed E-state index contributed by atoms with van der Waals surface area (Å²) >= 11 is 6.72. The summed E-state index contributed by atoms with van der Waals surface area (Å²) in [6.07, 6.45) is 1.87. The Labute approximate surface area is 177 Å². The van der Waals surface area contributed by atoms with Gasteiger partial charge in [-0.15, -0.1) is 0 Å². The third kappa shape index (κ3) is 5.62. The minimum absolute atomic E-state index is 0.122. The van der Waals surface area contributed by atoms with Crippen LogP contribution in [0.5, 0.6) is 5.75 Å². The molecule has 0 unspecified atom stereocenters. The molecule has 6 nitrogen and oxygen atoms in total. The number of hydrogen-bond donors (Lipinski definition) is 1. The summed E-state index contributed by atoms with van der Waals surface area (Å²) in [6, 6.07) is 14.2. The van der Waals surface area contributed by atoms with Gasteiger partial charge >= 0.3 is 0 Å². The highest BCUT2D eigenvalue weighted by Crippen LogP contribution is 2.32. The number of halogens is 1. The molecule has 2 aromatic carbocycles. The van der Waals surface area contributed by atoms with Crippen molar-refractivity contribution in [2.24, 2.45) is 0 Å². The van der Waals surface area contributed by atoms with Crippen molar-refractivity contribution < 1.29 is 19.1 Å². The number of thioether (sulfide) groups is 1. The third-order valence-electron chi connectivity index (χ3n) is 4.22. The molecule has 3 rings (SSSR count). The number of benzene rings is 2. The largest absolute Gasteiger partial charge is 0.497 e. The molecule has 29 heavy (non-hydrogen) atoms. The molecule has 0 radical (unpaired) electrons. The molecule has 1 saturated heterocycles. The lowest BCUT2D eigenvalue weighted by Gasteiger charge is -2.13. The normalized spacial score (nSPS) is 15.1.